The van der Waals surface area contributed by atoms with Gasteiger partial charge in [0.05, 0.1) is 0 Å². The van der Waals surface area contributed by atoms with Crippen molar-refractivity contribution in [3.05, 3.63) is 0 Å². The Morgan fingerprint density at radius 1 is 1.32 bits per heavy atom. The van der Waals surface area contributed by atoms with Gasteiger partial charge in [-0.1, -0.05) is 0 Å². The van der Waals surface area contributed by atoms with Gasteiger partial charge in [-0.05, 0) is 19.8 Å². The van der Waals surface area contributed by atoms with E-state index in [1.54, 1.807) is 0 Å². The maximum Gasteiger partial charge on any atom is 0.422 e. The number of hydrogen-bond acceptors (Lipinski definition) is 2. The highest BCUT2D eigenvalue weighted by atomic mass is 19.4. The SMILES string of the molecule is C#CCCCCNC(=O)NC(C)(C(=O)O)C(F)(F)F. The van der Waals surface area contributed by atoms with Gasteiger partial charge in [0.25, 0.3) is 0 Å². The smallest absolute Gasteiger partial charge is 0.422 e. The second-order valence-corrected chi connectivity index (χ2v) is 3.97. The zero-order chi connectivity index (χ0) is 15.1. The van der Waals surface area contributed by atoms with Crippen LogP contribution in [0.3, 0.4) is 0 Å². The number of rotatable bonds is 6. The van der Waals surface area contributed by atoms with Crippen LogP contribution >= 0.6 is 0 Å². The molecule has 0 aromatic heterocycles. The standard InChI is InChI=1S/C11H15F3N2O3/c1-3-4-5-6-7-15-9(19)16-10(2,8(17)18)11(12,13)14/h1H,4-7H2,2H3,(H,17,18)(H2,15,16,19). The monoisotopic (exact) mass is 280 g/mol. The number of alkyl halides is 3. The number of urea groups is 1. The first kappa shape index (κ1) is 17.1. The van der Waals surface area contributed by atoms with E-state index >= 15 is 0 Å². The summed E-state index contributed by atoms with van der Waals surface area (Å²) in [5, 5.41) is 12.1. The Kier molecular flexibility index (Phi) is 6.18. The molecule has 0 aromatic rings. The minimum absolute atomic E-state index is 0.112. The van der Waals surface area contributed by atoms with Gasteiger partial charge >= 0.3 is 18.2 Å². The molecular weight excluding hydrogens is 265 g/mol. The minimum atomic E-state index is -5.10. The van der Waals surface area contributed by atoms with E-state index in [-0.39, 0.29) is 6.54 Å². The van der Waals surface area contributed by atoms with Gasteiger partial charge in [0.2, 0.25) is 5.54 Å². The predicted molar refractivity (Wildman–Crippen MR) is 61.3 cm³/mol. The first-order valence-electron chi connectivity index (χ1n) is 5.44. The van der Waals surface area contributed by atoms with E-state index in [4.69, 9.17) is 11.5 Å². The number of amides is 2. The number of nitrogens with one attached hydrogen (secondary N) is 2. The molecule has 0 rings (SSSR count). The van der Waals surface area contributed by atoms with Crippen molar-refractivity contribution in [3.63, 3.8) is 0 Å². The first-order chi connectivity index (χ1) is 8.65. The number of carbonyl (C=O) groups excluding carboxylic acids is 1. The Balaban J connectivity index is 4.36. The van der Waals surface area contributed by atoms with E-state index in [1.807, 2.05) is 0 Å². The van der Waals surface area contributed by atoms with Crippen molar-refractivity contribution >= 4 is 12.0 Å². The molecule has 3 N–H and O–H groups in total. The molecule has 0 saturated carbocycles. The third kappa shape index (κ3) is 5.07. The summed E-state index contributed by atoms with van der Waals surface area (Å²) in [5.41, 5.74) is -3.32. The molecule has 2 amide bonds. The lowest BCUT2D eigenvalue weighted by atomic mass is 10.0. The fraction of sp³-hybridized carbons (Fsp3) is 0.636. The van der Waals surface area contributed by atoms with E-state index in [9.17, 15) is 22.8 Å². The number of halogens is 3. The molecule has 8 heteroatoms. The third-order valence-corrected chi connectivity index (χ3v) is 2.39. The molecule has 0 aliphatic rings. The van der Waals surface area contributed by atoms with Crippen LogP contribution < -0.4 is 10.6 Å². The average Bonchev–Trinajstić information content (AvgIpc) is 2.26. The van der Waals surface area contributed by atoms with Gasteiger partial charge in [0.15, 0.2) is 0 Å². The Bertz CT molecular complexity index is 376. The summed E-state index contributed by atoms with van der Waals surface area (Å²) in [7, 11) is 0. The molecule has 0 aromatic carbocycles. The first-order valence-corrected chi connectivity index (χ1v) is 5.44. The molecule has 0 saturated heterocycles. The van der Waals surface area contributed by atoms with Crippen molar-refractivity contribution in [3.8, 4) is 12.3 Å². The van der Waals surface area contributed by atoms with Crippen LogP contribution in [0.4, 0.5) is 18.0 Å². The van der Waals surface area contributed by atoms with E-state index in [0.29, 0.717) is 26.2 Å². The Hall–Kier alpha value is -1.91. The third-order valence-electron chi connectivity index (χ3n) is 2.39. The lowest BCUT2D eigenvalue weighted by Crippen LogP contribution is -2.63. The highest BCUT2D eigenvalue weighted by Crippen LogP contribution is 2.30. The largest absolute Gasteiger partial charge is 0.479 e. The number of aliphatic carboxylic acids is 1. The number of carboxylic acids is 1. The zero-order valence-corrected chi connectivity index (χ0v) is 10.3. The van der Waals surface area contributed by atoms with Crippen LogP contribution in [0.25, 0.3) is 0 Å². The number of carbonyl (C=O) groups is 2. The summed E-state index contributed by atoms with van der Waals surface area (Å²) in [6.07, 6.45) is 1.51. The van der Waals surface area contributed by atoms with Gasteiger partial charge in [-0.15, -0.1) is 12.3 Å². The van der Waals surface area contributed by atoms with Gasteiger partial charge in [-0.25, -0.2) is 9.59 Å². The van der Waals surface area contributed by atoms with Crippen molar-refractivity contribution in [2.24, 2.45) is 0 Å². The van der Waals surface area contributed by atoms with Crippen LogP contribution in [-0.2, 0) is 4.79 Å². The number of carboxylic acid groups (broad SMARTS) is 1. The van der Waals surface area contributed by atoms with E-state index in [2.05, 4.69) is 11.2 Å². The minimum Gasteiger partial charge on any atom is -0.479 e. The molecular formula is C11H15F3N2O3. The topological polar surface area (TPSA) is 78.4 Å². The molecule has 0 bridgehead atoms. The summed E-state index contributed by atoms with van der Waals surface area (Å²) in [6.45, 7) is 0.494. The lowest BCUT2D eigenvalue weighted by molar-refractivity contribution is -0.203. The maximum absolute atomic E-state index is 12.6. The van der Waals surface area contributed by atoms with Crippen LogP contribution in [0.2, 0.25) is 0 Å². The molecule has 0 spiro atoms. The van der Waals surface area contributed by atoms with E-state index in [1.165, 1.54) is 5.32 Å². The average molecular weight is 280 g/mol. The van der Waals surface area contributed by atoms with Gasteiger partial charge in [0, 0.05) is 13.0 Å². The molecule has 0 heterocycles. The van der Waals surface area contributed by atoms with Crippen molar-refractivity contribution < 1.29 is 27.9 Å². The van der Waals surface area contributed by atoms with E-state index < -0.39 is 23.7 Å². The molecule has 0 aliphatic heterocycles. The molecule has 0 fully saturated rings. The van der Waals surface area contributed by atoms with Gasteiger partial charge < -0.3 is 15.7 Å². The van der Waals surface area contributed by atoms with Crippen molar-refractivity contribution in [1.82, 2.24) is 10.6 Å². The summed E-state index contributed by atoms with van der Waals surface area (Å²) < 4.78 is 37.7. The molecule has 0 aliphatic carbocycles. The number of unbranched alkanes of at least 4 members (excludes halogenated alkanes) is 2. The van der Waals surface area contributed by atoms with Crippen LogP contribution in [0.15, 0.2) is 0 Å². The predicted octanol–water partition coefficient (Wildman–Crippen LogP) is 1.49. The maximum atomic E-state index is 12.6. The molecule has 5 nitrogen and oxygen atoms in total. The summed E-state index contributed by atoms with van der Waals surface area (Å²) in [6, 6.07) is -1.19. The van der Waals surface area contributed by atoms with Gasteiger partial charge in [-0.3, -0.25) is 0 Å². The number of hydrogen-bond donors (Lipinski definition) is 3. The Morgan fingerprint density at radius 3 is 2.32 bits per heavy atom. The summed E-state index contributed by atoms with van der Waals surface area (Å²) in [5.74, 6) is 0.196. The van der Waals surface area contributed by atoms with Crippen molar-refractivity contribution in [1.29, 1.82) is 0 Å². The molecule has 1 unspecified atom stereocenters. The number of terminal acetylenes is 1. The van der Waals surface area contributed by atoms with Crippen LogP contribution in [0.1, 0.15) is 26.2 Å². The second-order valence-electron chi connectivity index (χ2n) is 3.97. The highest BCUT2D eigenvalue weighted by Gasteiger charge is 2.58. The van der Waals surface area contributed by atoms with Gasteiger partial charge in [0.1, 0.15) is 0 Å². The Morgan fingerprint density at radius 2 is 1.89 bits per heavy atom. The van der Waals surface area contributed by atoms with Crippen LogP contribution in [0.5, 0.6) is 0 Å². The Labute approximate surface area is 108 Å². The van der Waals surface area contributed by atoms with Crippen molar-refractivity contribution in [2.75, 3.05) is 6.54 Å². The molecule has 1 atom stereocenters. The van der Waals surface area contributed by atoms with Gasteiger partial charge in [-0.2, -0.15) is 13.2 Å². The van der Waals surface area contributed by atoms with Crippen molar-refractivity contribution in [2.45, 2.75) is 37.9 Å². The fourth-order valence-corrected chi connectivity index (χ4v) is 1.07. The summed E-state index contributed by atoms with van der Waals surface area (Å²) in [4.78, 5) is 21.9. The van der Waals surface area contributed by atoms with Crippen LogP contribution in [0, 0.1) is 12.3 Å². The normalized spacial score (nSPS) is 14.1. The van der Waals surface area contributed by atoms with Crippen LogP contribution in [-0.4, -0.2) is 35.4 Å². The quantitative estimate of drug-likeness (QED) is 0.509. The summed E-state index contributed by atoms with van der Waals surface area (Å²) >= 11 is 0. The molecule has 19 heavy (non-hydrogen) atoms. The zero-order valence-electron chi connectivity index (χ0n) is 10.3. The molecule has 0 radical (unpaired) electrons. The highest BCUT2D eigenvalue weighted by molar-refractivity contribution is 5.86. The lowest BCUT2D eigenvalue weighted by Gasteiger charge is -2.28. The fourth-order valence-electron chi connectivity index (χ4n) is 1.07. The second kappa shape index (κ2) is 6.87. The molecule has 108 valence electrons. The van der Waals surface area contributed by atoms with E-state index in [0.717, 1.165) is 0 Å².